The number of aromatic nitrogens is 1. The predicted molar refractivity (Wildman–Crippen MR) is 71.8 cm³/mol. The SMILES string of the molecule is Cc1ccc(CNC2CC(C)CC(C)C2)cn1. The van der Waals surface area contributed by atoms with E-state index in [1.54, 1.807) is 0 Å². The fraction of sp³-hybridized carbons (Fsp3) is 0.667. The van der Waals surface area contributed by atoms with Crippen LogP contribution in [0.25, 0.3) is 0 Å². The minimum absolute atomic E-state index is 0.690. The Balaban J connectivity index is 1.83. The van der Waals surface area contributed by atoms with Gasteiger partial charge in [0.1, 0.15) is 0 Å². The quantitative estimate of drug-likeness (QED) is 0.865. The summed E-state index contributed by atoms with van der Waals surface area (Å²) in [6.07, 6.45) is 6.02. The van der Waals surface area contributed by atoms with E-state index in [9.17, 15) is 0 Å². The zero-order valence-electron chi connectivity index (χ0n) is 11.2. The lowest BCUT2D eigenvalue weighted by Gasteiger charge is -2.32. The highest BCUT2D eigenvalue weighted by molar-refractivity contribution is 5.12. The summed E-state index contributed by atoms with van der Waals surface area (Å²) in [4.78, 5) is 4.33. The van der Waals surface area contributed by atoms with Gasteiger partial charge in [-0.1, -0.05) is 19.9 Å². The summed E-state index contributed by atoms with van der Waals surface area (Å²) < 4.78 is 0. The van der Waals surface area contributed by atoms with Crippen LogP contribution in [0.1, 0.15) is 44.4 Å². The largest absolute Gasteiger partial charge is 0.310 e. The topological polar surface area (TPSA) is 24.9 Å². The molecule has 0 spiro atoms. The van der Waals surface area contributed by atoms with E-state index in [4.69, 9.17) is 0 Å². The van der Waals surface area contributed by atoms with E-state index < -0.39 is 0 Å². The standard InChI is InChI=1S/C15H24N2/c1-11-6-12(2)8-15(7-11)17-10-14-5-4-13(3)16-9-14/h4-5,9,11-12,15,17H,6-8,10H2,1-3H3. The summed E-state index contributed by atoms with van der Waals surface area (Å²) in [5, 5.41) is 3.68. The lowest BCUT2D eigenvalue weighted by Crippen LogP contribution is -2.35. The molecule has 0 amide bonds. The Morgan fingerprint density at radius 1 is 1.18 bits per heavy atom. The summed E-state index contributed by atoms with van der Waals surface area (Å²) in [6.45, 7) is 7.73. The smallest absolute Gasteiger partial charge is 0.0372 e. The van der Waals surface area contributed by atoms with Crippen molar-refractivity contribution in [2.24, 2.45) is 11.8 Å². The number of pyridine rings is 1. The first-order valence-electron chi connectivity index (χ1n) is 6.78. The van der Waals surface area contributed by atoms with E-state index in [0.29, 0.717) is 6.04 Å². The second-order valence-electron chi connectivity index (χ2n) is 5.80. The number of aryl methyl sites for hydroxylation is 1. The van der Waals surface area contributed by atoms with Gasteiger partial charge in [0.05, 0.1) is 0 Å². The summed E-state index contributed by atoms with van der Waals surface area (Å²) in [6, 6.07) is 4.95. The molecule has 2 nitrogen and oxygen atoms in total. The number of hydrogen-bond donors (Lipinski definition) is 1. The molecule has 1 aliphatic rings. The lowest BCUT2D eigenvalue weighted by atomic mass is 9.80. The molecule has 1 N–H and O–H groups in total. The van der Waals surface area contributed by atoms with E-state index in [-0.39, 0.29) is 0 Å². The predicted octanol–water partition coefficient (Wildman–Crippen LogP) is 3.30. The first-order chi connectivity index (χ1) is 8.13. The van der Waals surface area contributed by atoms with Crippen LogP contribution in [0.2, 0.25) is 0 Å². The third-order valence-electron chi connectivity index (χ3n) is 3.75. The Morgan fingerprint density at radius 2 is 1.88 bits per heavy atom. The minimum Gasteiger partial charge on any atom is -0.310 e. The molecule has 0 saturated heterocycles. The monoisotopic (exact) mass is 232 g/mol. The molecule has 94 valence electrons. The van der Waals surface area contributed by atoms with Crippen LogP contribution in [-0.4, -0.2) is 11.0 Å². The van der Waals surface area contributed by atoms with E-state index in [1.165, 1.54) is 24.8 Å². The Morgan fingerprint density at radius 3 is 2.47 bits per heavy atom. The molecule has 0 aromatic carbocycles. The zero-order chi connectivity index (χ0) is 12.3. The van der Waals surface area contributed by atoms with E-state index in [2.05, 4.69) is 36.3 Å². The molecule has 2 atom stereocenters. The Kier molecular flexibility index (Phi) is 4.16. The Hall–Kier alpha value is -0.890. The van der Waals surface area contributed by atoms with Crippen molar-refractivity contribution in [3.63, 3.8) is 0 Å². The van der Waals surface area contributed by atoms with Crippen LogP contribution in [0.4, 0.5) is 0 Å². The number of nitrogens with zero attached hydrogens (tertiary/aromatic N) is 1. The first-order valence-corrected chi connectivity index (χ1v) is 6.78. The van der Waals surface area contributed by atoms with Crippen molar-refractivity contribution < 1.29 is 0 Å². The zero-order valence-corrected chi connectivity index (χ0v) is 11.2. The van der Waals surface area contributed by atoms with Crippen molar-refractivity contribution in [3.05, 3.63) is 29.6 Å². The molecular formula is C15H24N2. The molecule has 1 heterocycles. The normalized spacial score (nSPS) is 29.2. The van der Waals surface area contributed by atoms with Crippen molar-refractivity contribution in [3.8, 4) is 0 Å². The highest BCUT2D eigenvalue weighted by Gasteiger charge is 2.23. The molecule has 0 aliphatic heterocycles. The molecule has 2 rings (SSSR count). The van der Waals surface area contributed by atoms with Crippen molar-refractivity contribution in [2.75, 3.05) is 0 Å². The van der Waals surface area contributed by atoms with Crippen molar-refractivity contribution in [1.29, 1.82) is 0 Å². The maximum atomic E-state index is 4.33. The molecule has 1 aliphatic carbocycles. The van der Waals surface area contributed by atoms with Crippen LogP contribution in [0, 0.1) is 18.8 Å². The van der Waals surface area contributed by atoms with Crippen LogP contribution < -0.4 is 5.32 Å². The number of nitrogens with one attached hydrogen (secondary N) is 1. The molecule has 2 heteroatoms. The summed E-state index contributed by atoms with van der Waals surface area (Å²) in [5.74, 6) is 1.74. The van der Waals surface area contributed by atoms with Crippen molar-refractivity contribution in [1.82, 2.24) is 10.3 Å². The van der Waals surface area contributed by atoms with Gasteiger partial charge in [-0.25, -0.2) is 0 Å². The molecular weight excluding hydrogens is 208 g/mol. The minimum atomic E-state index is 0.690. The highest BCUT2D eigenvalue weighted by Crippen LogP contribution is 2.28. The van der Waals surface area contributed by atoms with Crippen molar-refractivity contribution in [2.45, 2.75) is 52.6 Å². The second kappa shape index (κ2) is 5.63. The Bertz CT molecular complexity index is 334. The third-order valence-corrected chi connectivity index (χ3v) is 3.75. The fourth-order valence-electron chi connectivity index (χ4n) is 2.98. The second-order valence-corrected chi connectivity index (χ2v) is 5.80. The summed E-state index contributed by atoms with van der Waals surface area (Å²) >= 11 is 0. The fourth-order valence-corrected chi connectivity index (χ4v) is 2.98. The van der Waals surface area contributed by atoms with Crippen LogP contribution in [-0.2, 0) is 6.54 Å². The van der Waals surface area contributed by atoms with E-state index in [1.807, 2.05) is 13.1 Å². The van der Waals surface area contributed by atoms with Gasteiger partial charge in [0.25, 0.3) is 0 Å². The molecule has 1 aromatic heterocycles. The van der Waals surface area contributed by atoms with Crippen LogP contribution in [0.15, 0.2) is 18.3 Å². The molecule has 0 radical (unpaired) electrons. The van der Waals surface area contributed by atoms with Gasteiger partial charge < -0.3 is 5.32 Å². The molecule has 1 aromatic rings. The third kappa shape index (κ3) is 3.81. The average Bonchev–Trinajstić information content (AvgIpc) is 2.27. The number of hydrogen-bond acceptors (Lipinski definition) is 2. The average molecular weight is 232 g/mol. The first kappa shape index (κ1) is 12.6. The van der Waals surface area contributed by atoms with Gasteiger partial charge in [0.15, 0.2) is 0 Å². The maximum absolute atomic E-state index is 4.33. The maximum Gasteiger partial charge on any atom is 0.0372 e. The molecule has 0 bridgehead atoms. The van der Waals surface area contributed by atoms with Gasteiger partial charge in [-0.2, -0.15) is 0 Å². The van der Waals surface area contributed by atoms with E-state index in [0.717, 1.165) is 24.1 Å². The molecule has 2 unspecified atom stereocenters. The lowest BCUT2D eigenvalue weighted by molar-refractivity contribution is 0.238. The van der Waals surface area contributed by atoms with Crippen LogP contribution in [0.5, 0.6) is 0 Å². The van der Waals surface area contributed by atoms with Crippen LogP contribution in [0.3, 0.4) is 0 Å². The van der Waals surface area contributed by atoms with Crippen molar-refractivity contribution >= 4 is 0 Å². The van der Waals surface area contributed by atoms with Gasteiger partial charge in [-0.3, -0.25) is 4.98 Å². The highest BCUT2D eigenvalue weighted by atomic mass is 14.9. The summed E-state index contributed by atoms with van der Waals surface area (Å²) in [7, 11) is 0. The van der Waals surface area contributed by atoms with Gasteiger partial charge in [-0.15, -0.1) is 0 Å². The Labute approximate surface area is 105 Å². The molecule has 1 saturated carbocycles. The number of rotatable bonds is 3. The summed E-state index contributed by atoms with van der Waals surface area (Å²) in [5.41, 5.74) is 2.38. The van der Waals surface area contributed by atoms with Gasteiger partial charge in [0, 0.05) is 24.5 Å². The molecule has 17 heavy (non-hydrogen) atoms. The van der Waals surface area contributed by atoms with Gasteiger partial charge in [-0.05, 0) is 49.7 Å². The van der Waals surface area contributed by atoms with Gasteiger partial charge >= 0.3 is 0 Å². The van der Waals surface area contributed by atoms with Crippen LogP contribution >= 0.6 is 0 Å². The van der Waals surface area contributed by atoms with E-state index >= 15 is 0 Å². The molecule has 1 fully saturated rings. The van der Waals surface area contributed by atoms with Gasteiger partial charge in [0.2, 0.25) is 0 Å².